The van der Waals surface area contributed by atoms with Crippen LogP contribution in [0.4, 0.5) is 0 Å². The van der Waals surface area contributed by atoms with Crippen LogP contribution in [0.1, 0.15) is 38.9 Å². The van der Waals surface area contributed by atoms with E-state index in [9.17, 15) is 5.11 Å². The maximum absolute atomic E-state index is 10.5. The zero-order valence-electron chi connectivity index (χ0n) is 11.7. The molecule has 2 rings (SSSR count). The molecule has 1 N–H and O–H groups in total. The third kappa shape index (κ3) is 3.12. The fourth-order valence-corrected chi connectivity index (χ4v) is 3.17. The Morgan fingerprint density at radius 3 is 2.22 bits per heavy atom. The smallest absolute Gasteiger partial charge is 0.0942 e. The van der Waals surface area contributed by atoms with Crippen LogP contribution in [-0.4, -0.2) is 29.1 Å². The molecule has 18 heavy (non-hydrogen) atoms. The minimum absolute atomic E-state index is 0.192. The van der Waals surface area contributed by atoms with Gasteiger partial charge in [-0.05, 0) is 30.7 Å². The van der Waals surface area contributed by atoms with Gasteiger partial charge in [0.25, 0.3) is 0 Å². The van der Waals surface area contributed by atoms with Crippen LogP contribution in [0.25, 0.3) is 0 Å². The second-order valence-corrected chi connectivity index (χ2v) is 6.00. The monoisotopic (exact) mass is 247 g/mol. The van der Waals surface area contributed by atoms with Gasteiger partial charge in [0, 0.05) is 19.1 Å². The standard InChI is InChI=1S/C16H25NO/c1-12-9-13(2)11-17(10-12)14(3)16(18)15-7-5-4-6-8-15/h4-8,12-14,16,18H,9-11H2,1-3H3. The van der Waals surface area contributed by atoms with Crippen molar-refractivity contribution in [2.75, 3.05) is 13.1 Å². The summed E-state index contributed by atoms with van der Waals surface area (Å²) < 4.78 is 0. The van der Waals surface area contributed by atoms with Crippen molar-refractivity contribution in [2.24, 2.45) is 11.8 Å². The normalized spacial score (nSPS) is 28.9. The number of hydrogen-bond donors (Lipinski definition) is 1. The largest absolute Gasteiger partial charge is 0.387 e. The average Bonchev–Trinajstić information content (AvgIpc) is 2.37. The summed E-state index contributed by atoms with van der Waals surface area (Å²) in [4.78, 5) is 2.44. The summed E-state index contributed by atoms with van der Waals surface area (Å²) in [5.74, 6) is 1.47. The molecule has 0 saturated carbocycles. The van der Waals surface area contributed by atoms with Crippen LogP contribution in [0.5, 0.6) is 0 Å². The molecule has 0 aliphatic carbocycles. The van der Waals surface area contributed by atoms with Crippen molar-refractivity contribution >= 4 is 0 Å². The lowest BCUT2D eigenvalue weighted by molar-refractivity contribution is 0.0208. The van der Waals surface area contributed by atoms with Gasteiger partial charge in [0.15, 0.2) is 0 Å². The summed E-state index contributed by atoms with van der Waals surface area (Å²) >= 11 is 0. The lowest BCUT2D eigenvalue weighted by atomic mass is 9.89. The summed E-state index contributed by atoms with van der Waals surface area (Å²) in [7, 11) is 0. The molecule has 4 atom stereocenters. The fraction of sp³-hybridized carbons (Fsp3) is 0.625. The van der Waals surface area contributed by atoms with Crippen LogP contribution in [0.15, 0.2) is 30.3 Å². The van der Waals surface area contributed by atoms with Gasteiger partial charge < -0.3 is 5.11 Å². The molecule has 0 amide bonds. The van der Waals surface area contributed by atoms with Crippen LogP contribution < -0.4 is 0 Å². The van der Waals surface area contributed by atoms with Crippen LogP contribution in [0.3, 0.4) is 0 Å². The second kappa shape index (κ2) is 5.85. The molecule has 1 heterocycles. The highest BCUT2D eigenvalue weighted by Gasteiger charge is 2.29. The Kier molecular flexibility index (Phi) is 4.41. The van der Waals surface area contributed by atoms with Crippen LogP contribution in [0, 0.1) is 11.8 Å². The molecule has 4 unspecified atom stereocenters. The average molecular weight is 247 g/mol. The van der Waals surface area contributed by atoms with E-state index in [4.69, 9.17) is 0 Å². The van der Waals surface area contributed by atoms with E-state index in [2.05, 4.69) is 25.7 Å². The molecule has 100 valence electrons. The van der Waals surface area contributed by atoms with Crippen molar-refractivity contribution in [2.45, 2.75) is 39.3 Å². The zero-order chi connectivity index (χ0) is 13.1. The number of aliphatic hydroxyl groups is 1. The number of benzene rings is 1. The summed E-state index contributed by atoms with van der Waals surface area (Å²) in [5.41, 5.74) is 1.02. The Labute approximate surface area is 111 Å². The quantitative estimate of drug-likeness (QED) is 0.887. The molecule has 0 aromatic heterocycles. The Morgan fingerprint density at radius 1 is 1.11 bits per heavy atom. The van der Waals surface area contributed by atoms with Gasteiger partial charge in [0.05, 0.1) is 6.10 Å². The van der Waals surface area contributed by atoms with Gasteiger partial charge >= 0.3 is 0 Å². The van der Waals surface area contributed by atoms with Gasteiger partial charge in [-0.25, -0.2) is 0 Å². The highest BCUT2D eigenvalue weighted by Crippen LogP contribution is 2.27. The van der Waals surface area contributed by atoms with Gasteiger partial charge in [-0.15, -0.1) is 0 Å². The van der Waals surface area contributed by atoms with Crippen LogP contribution >= 0.6 is 0 Å². The molecule has 0 bridgehead atoms. The molecule has 1 aliphatic rings. The number of hydrogen-bond acceptors (Lipinski definition) is 2. The summed E-state index contributed by atoms with van der Waals surface area (Å²) in [6.45, 7) is 8.97. The summed E-state index contributed by atoms with van der Waals surface area (Å²) in [6.07, 6.45) is 0.925. The Morgan fingerprint density at radius 2 is 1.67 bits per heavy atom. The molecule has 1 aromatic rings. The van der Waals surface area contributed by atoms with Crippen molar-refractivity contribution < 1.29 is 5.11 Å². The molecular weight excluding hydrogens is 222 g/mol. The first-order chi connectivity index (χ1) is 8.58. The first kappa shape index (κ1) is 13.6. The van der Waals surface area contributed by atoms with Crippen molar-refractivity contribution in [3.05, 3.63) is 35.9 Å². The van der Waals surface area contributed by atoms with Gasteiger partial charge in [-0.2, -0.15) is 0 Å². The predicted octanol–water partition coefficient (Wildman–Crippen LogP) is 3.09. The number of aliphatic hydroxyl groups excluding tert-OH is 1. The molecule has 0 radical (unpaired) electrons. The molecule has 1 fully saturated rings. The summed E-state index contributed by atoms with van der Waals surface area (Å²) in [5, 5.41) is 10.5. The molecule has 1 saturated heterocycles. The van der Waals surface area contributed by atoms with E-state index in [0.29, 0.717) is 0 Å². The third-order valence-corrected chi connectivity index (χ3v) is 4.07. The molecule has 1 aliphatic heterocycles. The van der Waals surface area contributed by atoms with E-state index >= 15 is 0 Å². The highest BCUT2D eigenvalue weighted by atomic mass is 16.3. The van der Waals surface area contributed by atoms with E-state index in [-0.39, 0.29) is 12.1 Å². The van der Waals surface area contributed by atoms with Crippen LogP contribution in [0.2, 0.25) is 0 Å². The lowest BCUT2D eigenvalue weighted by Gasteiger charge is -2.40. The lowest BCUT2D eigenvalue weighted by Crippen LogP contribution is -2.46. The molecule has 1 aromatic carbocycles. The third-order valence-electron chi connectivity index (χ3n) is 4.07. The number of likely N-dealkylation sites (tertiary alicyclic amines) is 1. The van der Waals surface area contributed by atoms with Gasteiger partial charge in [0.1, 0.15) is 0 Å². The minimum Gasteiger partial charge on any atom is -0.387 e. The molecule has 2 heteroatoms. The SMILES string of the molecule is CC1CC(C)CN(C(C)C(O)c2ccccc2)C1. The number of rotatable bonds is 3. The first-order valence-electron chi connectivity index (χ1n) is 7.05. The molecular formula is C16H25NO. The van der Waals surface area contributed by atoms with E-state index in [1.165, 1.54) is 6.42 Å². The minimum atomic E-state index is -0.385. The van der Waals surface area contributed by atoms with E-state index in [1.54, 1.807) is 0 Å². The zero-order valence-corrected chi connectivity index (χ0v) is 11.7. The van der Waals surface area contributed by atoms with Gasteiger partial charge in [0.2, 0.25) is 0 Å². The summed E-state index contributed by atoms with van der Waals surface area (Å²) in [6, 6.07) is 10.2. The highest BCUT2D eigenvalue weighted by molar-refractivity contribution is 5.18. The van der Waals surface area contributed by atoms with Crippen LogP contribution in [-0.2, 0) is 0 Å². The maximum Gasteiger partial charge on any atom is 0.0942 e. The Bertz CT molecular complexity index is 355. The van der Waals surface area contributed by atoms with E-state index in [0.717, 1.165) is 30.5 Å². The fourth-order valence-electron chi connectivity index (χ4n) is 3.17. The van der Waals surface area contributed by atoms with Crippen molar-refractivity contribution in [3.8, 4) is 0 Å². The predicted molar refractivity (Wildman–Crippen MR) is 75.4 cm³/mol. The maximum atomic E-state index is 10.5. The van der Waals surface area contributed by atoms with Gasteiger partial charge in [-0.3, -0.25) is 4.90 Å². The molecule has 2 nitrogen and oxygen atoms in total. The first-order valence-corrected chi connectivity index (χ1v) is 7.05. The topological polar surface area (TPSA) is 23.5 Å². The van der Waals surface area contributed by atoms with E-state index < -0.39 is 0 Å². The van der Waals surface area contributed by atoms with Gasteiger partial charge in [-0.1, -0.05) is 44.2 Å². The van der Waals surface area contributed by atoms with Crippen molar-refractivity contribution in [1.82, 2.24) is 4.90 Å². The number of nitrogens with zero attached hydrogens (tertiary/aromatic N) is 1. The molecule has 0 spiro atoms. The van der Waals surface area contributed by atoms with Crippen molar-refractivity contribution in [3.63, 3.8) is 0 Å². The Balaban J connectivity index is 2.04. The van der Waals surface area contributed by atoms with E-state index in [1.807, 2.05) is 30.3 Å². The van der Waals surface area contributed by atoms with Crippen molar-refractivity contribution in [1.29, 1.82) is 0 Å². The second-order valence-electron chi connectivity index (χ2n) is 6.00. The Hall–Kier alpha value is -0.860. The number of piperidine rings is 1.